The maximum Gasteiger partial charge on any atom is 0.178 e. The lowest BCUT2D eigenvalue weighted by atomic mass is 9.82. The van der Waals surface area contributed by atoms with Gasteiger partial charge in [-0.2, -0.15) is 0 Å². The van der Waals surface area contributed by atoms with E-state index in [0.29, 0.717) is 0 Å². The molecule has 23 heavy (non-hydrogen) atoms. The molecule has 0 aromatic heterocycles. The molecule has 0 aliphatic heterocycles. The Labute approximate surface area is 138 Å². The Morgan fingerprint density at radius 1 is 0.913 bits per heavy atom. The molecule has 0 unspecified atom stereocenters. The van der Waals surface area contributed by atoms with E-state index < -0.39 is 5.54 Å². The normalized spacial score (nSPS) is 15.5. The fourth-order valence-electron chi connectivity index (χ4n) is 2.96. The largest absolute Gasteiger partial charge is 0.623 e. The molecule has 3 rings (SSSR count). The summed E-state index contributed by atoms with van der Waals surface area (Å²) in [5.41, 5.74) is 5.67. The third-order valence-electron chi connectivity index (χ3n) is 4.27. The topological polar surface area (TPSA) is 26.1 Å². The van der Waals surface area contributed by atoms with Gasteiger partial charge in [0.15, 0.2) is 11.8 Å². The third-order valence-corrected chi connectivity index (χ3v) is 4.27. The number of allylic oxidation sites excluding steroid dienone is 1. The van der Waals surface area contributed by atoms with Gasteiger partial charge in [0.1, 0.15) is 0 Å². The van der Waals surface area contributed by atoms with Crippen LogP contribution in [0.5, 0.6) is 0 Å². The lowest BCUT2D eigenvalue weighted by Crippen LogP contribution is -2.30. The van der Waals surface area contributed by atoms with Crippen LogP contribution in [0.3, 0.4) is 0 Å². The first kappa shape index (κ1) is 15.5. The molecular formula is C21H23NO. The summed E-state index contributed by atoms with van der Waals surface area (Å²) in [5.74, 6) is 0. The van der Waals surface area contributed by atoms with Gasteiger partial charge < -0.3 is 5.21 Å². The summed E-state index contributed by atoms with van der Waals surface area (Å²) in [4.78, 5) is 0. The molecule has 1 aliphatic rings. The Kier molecular flexibility index (Phi) is 4.08. The van der Waals surface area contributed by atoms with Gasteiger partial charge in [-0.05, 0) is 35.1 Å². The molecule has 2 nitrogen and oxygen atoms in total. The number of aryl methyl sites for hydroxylation is 1. The van der Waals surface area contributed by atoms with Crippen LogP contribution in [-0.2, 0) is 6.42 Å². The van der Waals surface area contributed by atoms with E-state index in [-0.39, 0.29) is 0 Å². The van der Waals surface area contributed by atoms with Crippen molar-refractivity contribution in [3.8, 4) is 0 Å². The first-order chi connectivity index (χ1) is 11.0. The molecule has 0 saturated carbocycles. The summed E-state index contributed by atoms with van der Waals surface area (Å²) in [7, 11) is 0. The SMILES string of the molecule is CC(C)(C)/[N+]([O-])=C/C1=C(c2ccccc2)c2ccccc2CC1. The minimum atomic E-state index is -0.425. The number of hydrogen-bond acceptors (Lipinski definition) is 1. The quantitative estimate of drug-likeness (QED) is 0.338. The number of fused-ring (bicyclic) bond motifs is 1. The second-order valence-electron chi connectivity index (χ2n) is 7.05. The van der Waals surface area contributed by atoms with E-state index in [1.807, 2.05) is 26.8 Å². The maximum absolute atomic E-state index is 12.4. The molecule has 2 heteroatoms. The summed E-state index contributed by atoms with van der Waals surface area (Å²) in [6, 6.07) is 18.9. The molecule has 0 saturated heterocycles. The van der Waals surface area contributed by atoms with Crippen LogP contribution >= 0.6 is 0 Å². The van der Waals surface area contributed by atoms with Crippen LogP contribution in [0.4, 0.5) is 0 Å². The zero-order chi connectivity index (χ0) is 16.4. The molecule has 0 atom stereocenters. The molecule has 0 bridgehead atoms. The number of benzene rings is 2. The van der Waals surface area contributed by atoms with Crippen molar-refractivity contribution in [1.82, 2.24) is 0 Å². The first-order valence-electron chi connectivity index (χ1n) is 8.15. The van der Waals surface area contributed by atoms with Crippen molar-refractivity contribution >= 4 is 11.8 Å². The third kappa shape index (κ3) is 3.21. The standard InChI is InChI=1S/C21H23NO/c1-21(2,3)22(23)15-18-14-13-16-9-7-8-12-19(16)20(18)17-10-5-4-6-11-17/h4-12,15H,13-14H2,1-3H3/b22-15-. The molecule has 0 fully saturated rings. The van der Waals surface area contributed by atoms with Crippen LogP contribution in [0.25, 0.3) is 5.57 Å². The highest BCUT2D eigenvalue weighted by Gasteiger charge is 2.23. The van der Waals surface area contributed by atoms with Crippen molar-refractivity contribution in [3.05, 3.63) is 82.1 Å². The Hall–Kier alpha value is -2.35. The second kappa shape index (κ2) is 6.04. The predicted octanol–water partition coefficient (Wildman–Crippen LogP) is 4.81. The Bertz CT molecular complexity index is 764. The van der Waals surface area contributed by atoms with Crippen molar-refractivity contribution in [3.63, 3.8) is 0 Å². The summed E-state index contributed by atoms with van der Waals surface area (Å²) < 4.78 is 1.08. The smallest absolute Gasteiger partial charge is 0.178 e. The molecule has 0 heterocycles. The van der Waals surface area contributed by atoms with E-state index in [4.69, 9.17) is 0 Å². The molecule has 0 radical (unpaired) electrons. The highest BCUT2D eigenvalue weighted by Crippen LogP contribution is 2.35. The molecule has 0 amide bonds. The molecule has 0 N–H and O–H groups in total. The van der Waals surface area contributed by atoms with E-state index >= 15 is 0 Å². The zero-order valence-corrected chi connectivity index (χ0v) is 14.0. The van der Waals surface area contributed by atoms with Crippen LogP contribution in [-0.4, -0.2) is 16.5 Å². The monoisotopic (exact) mass is 305 g/mol. The van der Waals surface area contributed by atoms with Gasteiger partial charge in [0.2, 0.25) is 0 Å². The van der Waals surface area contributed by atoms with Gasteiger partial charge >= 0.3 is 0 Å². The summed E-state index contributed by atoms with van der Waals surface area (Å²) in [6.07, 6.45) is 3.67. The second-order valence-corrected chi connectivity index (χ2v) is 7.05. The molecule has 118 valence electrons. The predicted molar refractivity (Wildman–Crippen MR) is 96.7 cm³/mol. The van der Waals surface area contributed by atoms with Crippen LogP contribution < -0.4 is 0 Å². The average Bonchev–Trinajstić information content (AvgIpc) is 2.54. The van der Waals surface area contributed by atoms with Gasteiger partial charge in [-0.15, -0.1) is 0 Å². The van der Waals surface area contributed by atoms with Gasteiger partial charge in [-0.3, -0.25) is 0 Å². The first-order valence-corrected chi connectivity index (χ1v) is 8.15. The van der Waals surface area contributed by atoms with Crippen LogP contribution in [0.15, 0.2) is 60.2 Å². The van der Waals surface area contributed by atoms with E-state index in [0.717, 1.165) is 23.2 Å². The minimum Gasteiger partial charge on any atom is -0.623 e. The number of nitrogens with zero attached hydrogens (tertiary/aromatic N) is 1. The lowest BCUT2D eigenvalue weighted by molar-refractivity contribution is -0.530. The molecule has 2 aromatic rings. The molecule has 1 aliphatic carbocycles. The Morgan fingerprint density at radius 2 is 1.57 bits per heavy atom. The number of rotatable bonds is 2. The van der Waals surface area contributed by atoms with E-state index in [1.54, 1.807) is 6.21 Å². The van der Waals surface area contributed by atoms with Gasteiger partial charge in [0, 0.05) is 26.3 Å². The number of hydrogen-bond donors (Lipinski definition) is 0. The van der Waals surface area contributed by atoms with E-state index in [1.165, 1.54) is 22.3 Å². The summed E-state index contributed by atoms with van der Waals surface area (Å²) in [6.45, 7) is 5.82. The van der Waals surface area contributed by atoms with Gasteiger partial charge in [0.05, 0.1) is 0 Å². The fourth-order valence-corrected chi connectivity index (χ4v) is 2.96. The lowest BCUT2D eigenvalue weighted by Gasteiger charge is -2.24. The zero-order valence-electron chi connectivity index (χ0n) is 14.0. The van der Waals surface area contributed by atoms with Crippen LogP contribution in [0, 0.1) is 5.21 Å². The van der Waals surface area contributed by atoms with Crippen molar-refractivity contribution in [2.45, 2.75) is 39.2 Å². The van der Waals surface area contributed by atoms with Crippen LogP contribution in [0.2, 0.25) is 0 Å². The molecule has 2 aromatic carbocycles. The van der Waals surface area contributed by atoms with Crippen LogP contribution in [0.1, 0.15) is 43.9 Å². The van der Waals surface area contributed by atoms with Crippen molar-refractivity contribution in [1.29, 1.82) is 0 Å². The Balaban J connectivity index is 2.21. The highest BCUT2D eigenvalue weighted by atomic mass is 16.5. The van der Waals surface area contributed by atoms with Crippen molar-refractivity contribution in [2.75, 3.05) is 0 Å². The number of hydroxylamine groups is 1. The average molecular weight is 305 g/mol. The summed E-state index contributed by atoms with van der Waals surface area (Å²) >= 11 is 0. The van der Waals surface area contributed by atoms with Gasteiger partial charge in [0.25, 0.3) is 0 Å². The molecular weight excluding hydrogens is 282 g/mol. The van der Waals surface area contributed by atoms with Gasteiger partial charge in [-0.1, -0.05) is 54.6 Å². The van der Waals surface area contributed by atoms with E-state index in [9.17, 15) is 5.21 Å². The molecule has 0 spiro atoms. The van der Waals surface area contributed by atoms with Gasteiger partial charge in [-0.25, -0.2) is 4.74 Å². The minimum absolute atomic E-state index is 0.425. The Morgan fingerprint density at radius 3 is 2.26 bits per heavy atom. The van der Waals surface area contributed by atoms with Crippen molar-refractivity contribution in [2.24, 2.45) is 0 Å². The van der Waals surface area contributed by atoms with Crippen molar-refractivity contribution < 1.29 is 4.74 Å². The fraction of sp³-hybridized carbons (Fsp3) is 0.286. The summed E-state index contributed by atoms with van der Waals surface area (Å²) in [5, 5.41) is 12.4. The maximum atomic E-state index is 12.4. The van der Waals surface area contributed by atoms with E-state index in [2.05, 4.69) is 48.5 Å². The highest BCUT2D eigenvalue weighted by molar-refractivity contribution is 5.97.